The van der Waals surface area contributed by atoms with Gasteiger partial charge in [0.1, 0.15) is 11.5 Å². The highest BCUT2D eigenvalue weighted by Gasteiger charge is 2.20. The van der Waals surface area contributed by atoms with Gasteiger partial charge in [0.2, 0.25) is 5.95 Å². The minimum Gasteiger partial charge on any atom is -0.368 e. The zero-order valence-electron chi connectivity index (χ0n) is 20.2. The van der Waals surface area contributed by atoms with Gasteiger partial charge in [-0.3, -0.25) is 9.69 Å². The summed E-state index contributed by atoms with van der Waals surface area (Å²) in [5.74, 6) is 0.289. The van der Waals surface area contributed by atoms with Crippen LogP contribution in [-0.4, -0.2) is 56.6 Å². The third-order valence-corrected chi connectivity index (χ3v) is 7.78. The van der Waals surface area contributed by atoms with Crippen molar-refractivity contribution in [1.29, 1.82) is 0 Å². The molecule has 4 aromatic heterocycles. The molecule has 0 saturated carbocycles. The molecule has 0 amide bonds. The fourth-order valence-electron chi connectivity index (χ4n) is 4.41. The monoisotopic (exact) mass is 493 g/mol. The Bertz CT molecular complexity index is 1420. The summed E-state index contributed by atoms with van der Waals surface area (Å²) in [6.07, 6.45) is 4.70. The Morgan fingerprint density at radius 2 is 1.86 bits per heavy atom. The summed E-state index contributed by atoms with van der Waals surface area (Å²) < 4.78 is 17.1. The molecule has 0 atom stereocenters. The molecule has 1 N–H and O–H groups in total. The Morgan fingerprint density at radius 1 is 1.09 bits per heavy atom. The summed E-state index contributed by atoms with van der Waals surface area (Å²) in [4.78, 5) is 31.1. The minimum atomic E-state index is -0.536. The maximum atomic E-state index is 14.8. The Labute approximate surface area is 207 Å². The van der Waals surface area contributed by atoms with Crippen molar-refractivity contribution in [3.05, 3.63) is 58.5 Å². The van der Waals surface area contributed by atoms with Crippen molar-refractivity contribution < 1.29 is 4.39 Å². The van der Waals surface area contributed by atoms with E-state index in [0.717, 1.165) is 48.3 Å². The molecule has 0 aliphatic carbocycles. The van der Waals surface area contributed by atoms with E-state index in [2.05, 4.69) is 43.9 Å². The van der Waals surface area contributed by atoms with E-state index >= 15 is 0 Å². The van der Waals surface area contributed by atoms with Gasteiger partial charge >= 0.3 is 0 Å². The second kappa shape index (κ2) is 9.35. The van der Waals surface area contributed by atoms with Crippen molar-refractivity contribution in [3.63, 3.8) is 0 Å². The van der Waals surface area contributed by atoms with Crippen LogP contribution < -0.4 is 15.8 Å². The fourth-order valence-corrected chi connectivity index (χ4v) is 5.60. The maximum absolute atomic E-state index is 14.8. The minimum absolute atomic E-state index is 0.106. The first kappa shape index (κ1) is 23.4. The Kier molecular flexibility index (Phi) is 6.24. The number of nitrogens with zero attached hydrogens (tertiary/aromatic N) is 6. The van der Waals surface area contributed by atoms with Crippen LogP contribution in [0.5, 0.6) is 0 Å². The Balaban J connectivity index is 1.37. The van der Waals surface area contributed by atoms with Crippen LogP contribution in [0.1, 0.15) is 19.4 Å². The van der Waals surface area contributed by atoms with Crippen molar-refractivity contribution in [2.24, 2.45) is 7.05 Å². The first-order valence-electron chi connectivity index (χ1n) is 11.7. The summed E-state index contributed by atoms with van der Waals surface area (Å²) in [5, 5.41) is 3.67. The van der Waals surface area contributed by atoms with E-state index in [1.807, 2.05) is 31.3 Å². The second-order valence-electron chi connectivity index (χ2n) is 9.06. The van der Waals surface area contributed by atoms with Crippen molar-refractivity contribution in [1.82, 2.24) is 24.4 Å². The lowest BCUT2D eigenvalue weighted by Crippen LogP contribution is -2.48. The van der Waals surface area contributed by atoms with Gasteiger partial charge in [0.15, 0.2) is 5.82 Å². The Morgan fingerprint density at radius 3 is 2.54 bits per heavy atom. The molecule has 0 bridgehead atoms. The van der Waals surface area contributed by atoms with E-state index in [9.17, 15) is 9.18 Å². The predicted molar refractivity (Wildman–Crippen MR) is 139 cm³/mol. The fraction of sp³-hybridized carbons (Fsp3) is 0.360. The number of thiophene rings is 1. The molecule has 10 heteroatoms. The molecule has 35 heavy (non-hydrogen) atoms. The highest BCUT2D eigenvalue weighted by atomic mass is 32.1. The zero-order valence-corrected chi connectivity index (χ0v) is 21.1. The van der Waals surface area contributed by atoms with Crippen LogP contribution in [0.3, 0.4) is 0 Å². The van der Waals surface area contributed by atoms with Crippen molar-refractivity contribution in [3.8, 4) is 10.6 Å². The number of anilines is 3. The summed E-state index contributed by atoms with van der Waals surface area (Å²) >= 11 is 1.35. The van der Waals surface area contributed by atoms with E-state index in [0.29, 0.717) is 22.1 Å². The van der Waals surface area contributed by atoms with Crippen molar-refractivity contribution in [2.45, 2.75) is 26.8 Å². The maximum Gasteiger partial charge on any atom is 0.259 e. The highest BCUT2D eigenvalue weighted by molar-refractivity contribution is 7.22. The molecule has 4 aromatic rings. The number of aryl methyl sites for hydroxylation is 2. The number of hydrogen-bond donors (Lipinski definition) is 1. The van der Waals surface area contributed by atoms with E-state index < -0.39 is 5.82 Å². The summed E-state index contributed by atoms with van der Waals surface area (Å²) in [5.41, 5.74) is 1.85. The quantitative estimate of drug-likeness (QED) is 0.447. The van der Waals surface area contributed by atoms with Crippen LogP contribution in [0.15, 0.2) is 41.6 Å². The highest BCUT2D eigenvalue weighted by Crippen LogP contribution is 2.37. The number of halogens is 1. The number of rotatable bonds is 5. The Hall–Kier alpha value is -3.37. The molecular weight excluding hydrogens is 465 g/mol. The lowest BCUT2D eigenvalue weighted by Gasteiger charge is -2.38. The van der Waals surface area contributed by atoms with Gasteiger partial charge in [-0.15, -0.1) is 11.3 Å². The average Bonchev–Trinajstić information content (AvgIpc) is 3.20. The van der Waals surface area contributed by atoms with Gasteiger partial charge in [0, 0.05) is 50.2 Å². The summed E-state index contributed by atoms with van der Waals surface area (Å²) in [6.45, 7) is 10.3. The molecule has 1 saturated heterocycles. The first-order chi connectivity index (χ1) is 16.8. The van der Waals surface area contributed by atoms with E-state index in [1.54, 1.807) is 13.2 Å². The molecule has 1 aliphatic rings. The van der Waals surface area contributed by atoms with Gasteiger partial charge in [-0.2, -0.15) is 0 Å². The van der Waals surface area contributed by atoms with Crippen LogP contribution >= 0.6 is 11.3 Å². The molecule has 1 fully saturated rings. The molecule has 0 radical (unpaired) electrons. The van der Waals surface area contributed by atoms with Gasteiger partial charge in [-0.25, -0.2) is 19.3 Å². The number of pyridine rings is 2. The van der Waals surface area contributed by atoms with Gasteiger partial charge in [0.25, 0.3) is 5.56 Å². The number of piperazine rings is 1. The number of aromatic nitrogens is 4. The summed E-state index contributed by atoms with van der Waals surface area (Å²) in [7, 11) is 1.70. The molecule has 0 unspecified atom stereocenters. The molecule has 5 rings (SSSR count). The van der Waals surface area contributed by atoms with Crippen LogP contribution in [0.25, 0.3) is 20.7 Å². The normalized spacial score (nSPS) is 14.7. The van der Waals surface area contributed by atoms with Crippen molar-refractivity contribution >= 4 is 38.9 Å². The number of nitrogens with one attached hydrogen (secondary N) is 1. The molecule has 0 aromatic carbocycles. The van der Waals surface area contributed by atoms with E-state index in [1.165, 1.54) is 15.9 Å². The predicted octanol–water partition coefficient (Wildman–Crippen LogP) is 4.17. The average molecular weight is 494 g/mol. The lowest BCUT2D eigenvalue weighted by atomic mass is 10.1. The van der Waals surface area contributed by atoms with Gasteiger partial charge in [-0.05, 0) is 44.5 Å². The third-order valence-electron chi connectivity index (χ3n) is 6.51. The lowest BCUT2D eigenvalue weighted by molar-refractivity contribution is 0.209. The van der Waals surface area contributed by atoms with Crippen LogP contribution in [0.2, 0.25) is 0 Å². The SMILES string of the molecule is Cc1c(-c2nc(Nc3ccc(N4CCN(C(C)C)CC4)cn3)ncc2F)sc2ccn(C)c(=O)c12. The van der Waals surface area contributed by atoms with Crippen LogP contribution in [0, 0.1) is 12.7 Å². The van der Waals surface area contributed by atoms with Gasteiger partial charge in [0.05, 0.1) is 28.3 Å². The van der Waals surface area contributed by atoms with Crippen LogP contribution in [-0.2, 0) is 7.05 Å². The van der Waals surface area contributed by atoms with Gasteiger partial charge in [-0.1, -0.05) is 0 Å². The zero-order chi connectivity index (χ0) is 24.7. The van der Waals surface area contributed by atoms with Crippen LogP contribution in [0.4, 0.5) is 21.8 Å². The van der Waals surface area contributed by atoms with E-state index in [-0.39, 0.29) is 17.2 Å². The largest absolute Gasteiger partial charge is 0.368 e. The van der Waals surface area contributed by atoms with Crippen molar-refractivity contribution in [2.75, 3.05) is 36.4 Å². The molecule has 8 nitrogen and oxygen atoms in total. The first-order valence-corrected chi connectivity index (χ1v) is 12.5. The topological polar surface area (TPSA) is 79.2 Å². The third kappa shape index (κ3) is 4.51. The number of hydrogen-bond acceptors (Lipinski definition) is 8. The molecule has 5 heterocycles. The van der Waals surface area contributed by atoms with E-state index in [4.69, 9.17) is 0 Å². The summed E-state index contributed by atoms with van der Waals surface area (Å²) in [6, 6.07) is 6.33. The molecule has 0 spiro atoms. The van der Waals surface area contributed by atoms with Gasteiger partial charge < -0.3 is 14.8 Å². The molecule has 182 valence electrons. The smallest absolute Gasteiger partial charge is 0.259 e. The standard InChI is InChI=1S/C25H28FN7OS/c1-15(2)32-9-11-33(12-10-32)17-5-6-20(27-13-17)29-25-28-14-18(26)22(30-25)23-16(3)21-19(35-23)7-8-31(4)24(21)34/h5-8,13-15H,9-12H2,1-4H3,(H,27,28,29,30). The number of fused-ring (bicyclic) bond motifs is 1. The molecular formula is C25H28FN7OS. The molecule has 1 aliphatic heterocycles. The second-order valence-corrected chi connectivity index (χ2v) is 10.1.